The first-order chi connectivity index (χ1) is 9.58. The number of Topliss-reactive ketones (excluding diaryl/α,β-unsaturated/α-hetero) is 1. The van der Waals surface area contributed by atoms with E-state index >= 15 is 0 Å². The van der Waals surface area contributed by atoms with Gasteiger partial charge in [0, 0.05) is 18.8 Å². The molecule has 0 saturated heterocycles. The molecule has 1 aliphatic rings. The van der Waals surface area contributed by atoms with Crippen LogP contribution in [0.4, 0.5) is 0 Å². The van der Waals surface area contributed by atoms with Crippen molar-refractivity contribution in [1.29, 1.82) is 0 Å². The van der Waals surface area contributed by atoms with E-state index in [0.29, 0.717) is 19.3 Å². The van der Waals surface area contributed by atoms with Crippen molar-refractivity contribution in [1.82, 2.24) is 5.32 Å². The molecule has 1 amide bonds. The molecule has 5 nitrogen and oxygen atoms in total. The highest BCUT2D eigenvalue weighted by molar-refractivity contribution is 5.86. The third-order valence-electron chi connectivity index (χ3n) is 3.88. The first-order valence-corrected chi connectivity index (χ1v) is 7.48. The van der Waals surface area contributed by atoms with Gasteiger partial charge >= 0.3 is 5.97 Å². The van der Waals surface area contributed by atoms with E-state index < -0.39 is 12.0 Å². The Bertz CT molecular complexity index is 348. The molecule has 20 heavy (non-hydrogen) atoms. The summed E-state index contributed by atoms with van der Waals surface area (Å²) in [6, 6.07) is -0.704. The number of methoxy groups -OCH3 is 1. The van der Waals surface area contributed by atoms with E-state index in [4.69, 9.17) is 4.74 Å². The topological polar surface area (TPSA) is 72.5 Å². The minimum Gasteiger partial charge on any atom is -0.467 e. The number of nitrogens with one attached hydrogen (secondary N) is 1. The van der Waals surface area contributed by atoms with E-state index in [1.807, 2.05) is 0 Å². The van der Waals surface area contributed by atoms with Gasteiger partial charge in [-0.1, -0.05) is 26.2 Å². The summed E-state index contributed by atoms with van der Waals surface area (Å²) in [7, 11) is 1.30. The van der Waals surface area contributed by atoms with Crippen LogP contribution < -0.4 is 5.32 Å². The Hall–Kier alpha value is -1.39. The number of esters is 1. The van der Waals surface area contributed by atoms with E-state index in [9.17, 15) is 14.4 Å². The van der Waals surface area contributed by atoms with Gasteiger partial charge in [0.1, 0.15) is 11.8 Å². The second kappa shape index (κ2) is 8.72. The third kappa shape index (κ3) is 5.31. The van der Waals surface area contributed by atoms with Crippen molar-refractivity contribution < 1.29 is 19.1 Å². The predicted molar refractivity (Wildman–Crippen MR) is 75.1 cm³/mol. The number of amides is 1. The van der Waals surface area contributed by atoms with Crippen LogP contribution in [-0.4, -0.2) is 30.8 Å². The Kier molecular flexibility index (Phi) is 7.26. The number of carbonyl (C=O) groups is 3. The van der Waals surface area contributed by atoms with E-state index in [-0.39, 0.29) is 17.6 Å². The summed E-state index contributed by atoms with van der Waals surface area (Å²) in [5.74, 6) is -0.467. The summed E-state index contributed by atoms with van der Waals surface area (Å²) in [5, 5.41) is 2.75. The van der Waals surface area contributed by atoms with Gasteiger partial charge in [0.15, 0.2) is 0 Å². The van der Waals surface area contributed by atoms with Crippen LogP contribution in [0.15, 0.2) is 0 Å². The zero-order valence-electron chi connectivity index (χ0n) is 12.4. The van der Waals surface area contributed by atoms with E-state index in [0.717, 1.165) is 25.7 Å². The van der Waals surface area contributed by atoms with Gasteiger partial charge in [-0.2, -0.15) is 0 Å². The first-order valence-electron chi connectivity index (χ1n) is 7.48. The standard InChI is InChI=1S/C15H25NO4/c1-3-12(17)9-10-13(15(19)20-2)16-14(18)11-7-5-4-6-8-11/h11,13H,3-10H2,1-2H3,(H,16,18)/t13-/m0/s1. The van der Waals surface area contributed by atoms with Crippen LogP contribution in [0.25, 0.3) is 0 Å². The summed E-state index contributed by atoms with van der Waals surface area (Å²) >= 11 is 0. The fourth-order valence-corrected chi connectivity index (χ4v) is 2.53. The smallest absolute Gasteiger partial charge is 0.328 e. The van der Waals surface area contributed by atoms with Crippen molar-refractivity contribution in [2.24, 2.45) is 5.92 Å². The van der Waals surface area contributed by atoms with Crippen LogP contribution in [0.3, 0.4) is 0 Å². The van der Waals surface area contributed by atoms with Crippen molar-refractivity contribution >= 4 is 17.7 Å². The first kappa shape index (κ1) is 16.7. The van der Waals surface area contributed by atoms with Gasteiger partial charge < -0.3 is 10.1 Å². The number of hydrogen-bond acceptors (Lipinski definition) is 4. The molecule has 0 spiro atoms. The number of hydrogen-bond donors (Lipinski definition) is 1. The minimum atomic E-state index is -0.704. The van der Waals surface area contributed by atoms with Gasteiger partial charge in [-0.25, -0.2) is 4.79 Å². The maximum Gasteiger partial charge on any atom is 0.328 e. The maximum absolute atomic E-state index is 12.1. The molecular formula is C15H25NO4. The number of ketones is 1. The highest BCUT2D eigenvalue weighted by Gasteiger charge is 2.27. The van der Waals surface area contributed by atoms with E-state index in [1.165, 1.54) is 13.5 Å². The van der Waals surface area contributed by atoms with Crippen molar-refractivity contribution in [3.8, 4) is 0 Å². The summed E-state index contributed by atoms with van der Waals surface area (Å²) in [6.07, 6.45) is 6.13. The van der Waals surface area contributed by atoms with Crippen molar-refractivity contribution in [2.75, 3.05) is 7.11 Å². The lowest BCUT2D eigenvalue weighted by Gasteiger charge is -2.23. The predicted octanol–water partition coefficient (Wildman–Crippen LogP) is 1.98. The zero-order valence-corrected chi connectivity index (χ0v) is 12.4. The molecule has 1 N–H and O–H groups in total. The fourth-order valence-electron chi connectivity index (χ4n) is 2.53. The molecular weight excluding hydrogens is 258 g/mol. The van der Waals surface area contributed by atoms with E-state index in [2.05, 4.69) is 5.32 Å². The number of ether oxygens (including phenoxy) is 1. The molecule has 114 valence electrons. The lowest BCUT2D eigenvalue weighted by atomic mass is 9.88. The molecule has 0 aromatic carbocycles. The summed E-state index contributed by atoms with van der Waals surface area (Å²) in [6.45, 7) is 1.79. The minimum absolute atomic E-state index is 0.00205. The van der Waals surface area contributed by atoms with Gasteiger partial charge in [0.05, 0.1) is 7.11 Å². The largest absolute Gasteiger partial charge is 0.467 e. The molecule has 1 saturated carbocycles. The highest BCUT2D eigenvalue weighted by atomic mass is 16.5. The van der Waals surface area contributed by atoms with E-state index in [1.54, 1.807) is 6.92 Å². The molecule has 5 heteroatoms. The van der Waals surface area contributed by atoms with Crippen molar-refractivity contribution in [2.45, 2.75) is 64.3 Å². The average molecular weight is 283 g/mol. The second-order valence-electron chi connectivity index (χ2n) is 5.35. The molecule has 1 atom stereocenters. The highest BCUT2D eigenvalue weighted by Crippen LogP contribution is 2.23. The molecule has 0 radical (unpaired) electrons. The van der Waals surface area contributed by atoms with Gasteiger partial charge in [-0.15, -0.1) is 0 Å². The summed E-state index contributed by atoms with van der Waals surface area (Å²) in [4.78, 5) is 35.2. The van der Waals surface area contributed by atoms with Crippen LogP contribution in [0.2, 0.25) is 0 Å². The summed E-state index contributed by atoms with van der Waals surface area (Å²) < 4.78 is 4.70. The molecule has 1 aliphatic carbocycles. The third-order valence-corrected chi connectivity index (χ3v) is 3.88. The average Bonchev–Trinajstić information content (AvgIpc) is 2.50. The quantitative estimate of drug-likeness (QED) is 0.725. The van der Waals surface area contributed by atoms with Crippen LogP contribution in [0.1, 0.15) is 58.3 Å². The molecule has 0 bridgehead atoms. The Morgan fingerprint density at radius 1 is 1.20 bits per heavy atom. The van der Waals surface area contributed by atoms with Crippen LogP contribution >= 0.6 is 0 Å². The van der Waals surface area contributed by atoms with Gasteiger partial charge in [0.2, 0.25) is 5.91 Å². The number of rotatable bonds is 7. The van der Waals surface area contributed by atoms with Crippen LogP contribution in [0.5, 0.6) is 0 Å². The lowest BCUT2D eigenvalue weighted by molar-refractivity contribution is -0.146. The SMILES string of the molecule is CCC(=O)CC[C@H](NC(=O)C1CCCCC1)C(=O)OC. The maximum atomic E-state index is 12.1. The molecule has 0 unspecified atom stereocenters. The van der Waals surface area contributed by atoms with Crippen molar-refractivity contribution in [3.05, 3.63) is 0 Å². The summed E-state index contributed by atoms with van der Waals surface area (Å²) in [5.41, 5.74) is 0. The zero-order chi connectivity index (χ0) is 15.0. The molecule has 0 aliphatic heterocycles. The Labute approximate surface area is 120 Å². The molecule has 0 heterocycles. The van der Waals surface area contributed by atoms with Crippen LogP contribution in [0, 0.1) is 5.92 Å². The van der Waals surface area contributed by atoms with Crippen LogP contribution in [-0.2, 0) is 19.1 Å². The fraction of sp³-hybridized carbons (Fsp3) is 0.800. The Balaban J connectivity index is 2.52. The second-order valence-corrected chi connectivity index (χ2v) is 5.35. The van der Waals surface area contributed by atoms with Crippen molar-refractivity contribution in [3.63, 3.8) is 0 Å². The number of carbonyl (C=O) groups excluding carboxylic acids is 3. The van der Waals surface area contributed by atoms with Gasteiger partial charge in [0.25, 0.3) is 0 Å². The van der Waals surface area contributed by atoms with Gasteiger partial charge in [-0.05, 0) is 19.3 Å². The Morgan fingerprint density at radius 3 is 2.40 bits per heavy atom. The Morgan fingerprint density at radius 2 is 1.85 bits per heavy atom. The molecule has 0 aromatic heterocycles. The normalized spacial score (nSPS) is 17.3. The molecule has 0 aromatic rings. The molecule has 1 rings (SSSR count). The lowest BCUT2D eigenvalue weighted by Crippen LogP contribution is -2.44. The molecule has 1 fully saturated rings. The monoisotopic (exact) mass is 283 g/mol. The van der Waals surface area contributed by atoms with Gasteiger partial charge in [-0.3, -0.25) is 9.59 Å².